The van der Waals surface area contributed by atoms with Crippen LogP contribution in [-0.4, -0.2) is 32.2 Å². The molecule has 1 atom stereocenters. The van der Waals surface area contributed by atoms with Gasteiger partial charge >= 0.3 is 0 Å². The molecule has 1 heterocycles. The molecule has 0 aliphatic heterocycles. The van der Waals surface area contributed by atoms with Crippen molar-refractivity contribution >= 4 is 17.5 Å². The van der Waals surface area contributed by atoms with Crippen molar-refractivity contribution in [2.24, 2.45) is 5.92 Å². The molecule has 2 aliphatic carbocycles. The third-order valence-corrected chi connectivity index (χ3v) is 9.96. The van der Waals surface area contributed by atoms with Crippen LogP contribution < -0.4 is 5.32 Å². The second-order valence-electron chi connectivity index (χ2n) is 12.4. The zero-order valence-corrected chi connectivity index (χ0v) is 26.2. The first-order valence-corrected chi connectivity index (χ1v) is 16.4. The number of aliphatic hydroxyl groups excluding tert-OH is 1. The van der Waals surface area contributed by atoms with Gasteiger partial charge in [0.1, 0.15) is 11.4 Å². The number of carbonyl (C=O) groups excluding carboxylic acids is 1. The van der Waals surface area contributed by atoms with Gasteiger partial charge in [0.15, 0.2) is 5.15 Å². The number of halogens is 1. The second kappa shape index (κ2) is 13.3. The van der Waals surface area contributed by atoms with E-state index in [4.69, 9.17) is 11.6 Å². The summed E-state index contributed by atoms with van der Waals surface area (Å²) in [6.07, 6.45) is 7.65. The fourth-order valence-corrected chi connectivity index (χ4v) is 7.62. The third-order valence-electron chi connectivity index (χ3n) is 9.66. The lowest BCUT2D eigenvalue weighted by molar-refractivity contribution is -0.123. The van der Waals surface area contributed by atoms with Crippen molar-refractivity contribution in [3.8, 4) is 11.1 Å². The standard InChI is InChI=1S/C37H42ClN3O3/c1-2-3-16-33-40-35(38)32(24-42)41(33)23-25-17-19-27(20-18-25)34(26-10-4-5-11-26)36(43)39-22-21-37(44)30-14-8-6-12-28(30)29-13-7-9-15-31(29)37/h6-9,12-15,17-20,26,34,42,44H,2-5,10-11,16,21-24H2,1H3,(H,39,43). The van der Waals surface area contributed by atoms with Crippen molar-refractivity contribution < 1.29 is 15.0 Å². The number of fused-ring (bicyclic) bond motifs is 3. The van der Waals surface area contributed by atoms with Crippen molar-refractivity contribution in [2.75, 3.05) is 6.54 Å². The highest BCUT2D eigenvalue weighted by atomic mass is 35.5. The zero-order chi connectivity index (χ0) is 30.7. The number of hydrogen-bond donors (Lipinski definition) is 3. The molecule has 230 valence electrons. The van der Waals surface area contributed by atoms with Crippen LogP contribution in [0.3, 0.4) is 0 Å². The molecular formula is C37H42ClN3O3. The number of nitrogens with one attached hydrogen (secondary N) is 1. The van der Waals surface area contributed by atoms with Gasteiger partial charge in [0.05, 0.1) is 18.2 Å². The minimum absolute atomic E-state index is 0.0265. The lowest BCUT2D eigenvalue weighted by Crippen LogP contribution is -2.37. The van der Waals surface area contributed by atoms with Gasteiger partial charge in [-0.2, -0.15) is 0 Å². The highest BCUT2D eigenvalue weighted by Crippen LogP contribution is 2.49. The smallest absolute Gasteiger partial charge is 0.227 e. The van der Waals surface area contributed by atoms with Crippen molar-refractivity contribution in [2.45, 2.75) is 83.0 Å². The summed E-state index contributed by atoms with van der Waals surface area (Å²) in [4.78, 5) is 18.4. The van der Waals surface area contributed by atoms with Crippen LogP contribution in [0, 0.1) is 5.92 Å². The first-order chi connectivity index (χ1) is 21.4. The largest absolute Gasteiger partial charge is 0.390 e. The van der Waals surface area contributed by atoms with Gasteiger partial charge in [0.25, 0.3) is 0 Å². The van der Waals surface area contributed by atoms with E-state index >= 15 is 0 Å². The fourth-order valence-electron chi connectivity index (χ4n) is 7.36. The van der Waals surface area contributed by atoms with E-state index in [-0.39, 0.29) is 18.4 Å². The molecular weight excluding hydrogens is 570 g/mol. The SMILES string of the molecule is CCCCc1nc(Cl)c(CO)n1Cc1ccc(C(C(=O)NCCC2(O)c3ccccc3-c3ccccc32)C2CCCC2)cc1. The lowest BCUT2D eigenvalue weighted by atomic mass is 9.83. The number of imidazole rings is 1. The summed E-state index contributed by atoms with van der Waals surface area (Å²) < 4.78 is 2.03. The van der Waals surface area contributed by atoms with Crippen LogP contribution in [0.5, 0.6) is 0 Å². The maximum atomic E-state index is 13.9. The first-order valence-electron chi connectivity index (χ1n) is 16.1. The van der Waals surface area contributed by atoms with E-state index < -0.39 is 5.60 Å². The average molecular weight is 612 g/mol. The number of rotatable bonds is 12. The van der Waals surface area contributed by atoms with Crippen LogP contribution in [0.2, 0.25) is 5.15 Å². The van der Waals surface area contributed by atoms with E-state index in [0.717, 1.165) is 84.2 Å². The molecule has 44 heavy (non-hydrogen) atoms. The van der Waals surface area contributed by atoms with Crippen LogP contribution in [0.1, 0.15) is 91.6 Å². The van der Waals surface area contributed by atoms with Gasteiger partial charge in [-0.15, -0.1) is 0 Å². The number of unbranched alkanes of at least 4 members (excludes halogenated alkanes) is 1. The van der Waals surface area contributed by atoms with Crippen LogP contribution in [0.25, 0.3) is 11.1 Å². The van der Waals surface area contributed by atoms with E-state index in [1.807, 2.05) is 41.0 Å². The fraction of sp³-hybridized carbons (Fsp3) is 0.405. The first kappa shape index (κ1) is 30.6. The van der Waals surface area contributed by atoms with E-state index in [9.17, 15) is 15.0 Å². The van der Waals surface area contributed by atoms with E-state index in [1.165, 1.54) is 0 Å². The second-order valence-corrected chi connectivity index (χ2v) is 12.7. The van der Waals surface area contributed by atoms with Gasteiger partial charge in [-0.25, -0.2) is 4.98 Å². The molecule has 6 rings (SSSR count). The van der Waals surface area contributed by atoms with Gasteiger partial charge in [-0.1, -0.05) is 111 Å². The summed E-state index contributed by atoms with van der Waals surface area (Å²) in [6.45, 7) is 2.93. The zero-order valence-electron chi connectivity index (χ0n) is 25.4. The van der Waals surface area contributed by atoms with Crippen LogP contribution in [-0.2, 0) is 30.0 Å². The van der Waals surface area contributed by atoms with Crippen molar-refractivity contribution in [1.29, 1.82) is 0 Å². The Morgan fingerprint density at radius 1 is 1.02 bits per heavy atom. The van der Waals surface area contributed by atoms with Crippen molar-refractivity contribution in [1.82, 2.24) is 14.9 Å². The number of benzene rings is 3. The third kappa shape index (κ3) is 5.83. The highest BCUT2D eigenvalue weighted by Gasteiger charge is 2.41. The molecule has 6 nitrogen and oxygen atoms in total. The summed E-state index contributed by atoms with van der Waals surface area (Å²) >= 11 is 6.36. The predicted molar refractivity (Wildman–Crippen MR) is 175 cm³/mol. The van der Waals surface area contributed by atoms with Crippen molar-refractivity contribution in [3.63, 3.8) is 0 Å². The normalized spacial score (nSPS) is 16.1. The molecule has 0 radical (unpaired) electrons. The van der Waals surface area contributed by atoms with Gasteiger partial charge in [0, 0.05) is 25.9 Å². The number of carbonyl (C=O) groups is 1. The molecule has 1 unspecified atom stereocenters. The lowest BCUT2D eigenvalue weighted by Gasteiger charge is -2.28. The predicted octanol–water partition coefficient (Wildman–Crippen LogP) is 7.12. The minimum Gasteiger partial charge on any atom is -0.390 e. The average Bonchev–Trinajstić information content (AvgIpc) is 3.74. The highest BCUT2D eigenvalue weighted by molar-refractivity contribution is 6.30. The Kier molecular flexibility index (Phi) is 9.22. The molecule has 0 saturated heterocycles. The quantitative estimate of drug-likeness (QED) is 0.159. The number of nitrogens with zero attached hydrogens (tertiary/aromatic N) is 2. The molecule has 4 aromatic rings. The summed E-state index contributed by atoms with van der Waals surface area (Å²) in [5, 5.41) is 25.5. The van der Waals surface area contributed by atoms with E-state index in [2.05, 4.69) is 53.6 Å². The Hall–Kier alpha value is -3.45. The Balaban J connectivity index is 1.18. The maximum Gasteiger partial charge on any atom is 0.227 e. The van der Waals surface area contributed by atoms with Gasteiger partial charge in [-0.05, 0) is 58.6 Å². The monoisotopic (exact) mass is 611 g/mol. The summed E-state index contributed by atoms with van der Waals surface area (Å²) in [6, 6.07) is 24.4. The Labute approximate surface area is 265 Å². The molecule has 0 spiro atoms. The molecule has 2 aliphatic rings. The van der Waals surface area contributed by atoms with Gasteiger partial charge < -0.3 is 20.1 Å². The van der Waals surface area contributed by atoms with Gasteiger partial charge in [-0.3, -0.25) is 4.79 Å². The molecule has 7 heteroatoms. The summed E-state index contributed by atoms with van der Waals surface area (Å²) in [5.74, 6) is 0.979. The van der Waals surface area contributed by atoms with Crippen LogP contribution in [0.15, 0.2) is 72.8 Å². The van der Waals surface area contributed by atoms with E-state index in [1.54, 1.807) is 0 Å². The Morgan fingerprint density at radius 3 is 2.27 bits per heavy atom. The van der Waals surface area contributed by atoms with Gasteiger partial charge in [0.2, 0.25) is 5.91 Å². The Bertz CT molecular complexity index is 1560. The molecule has 1 amide bonds. The van der Waals surface area contributed by atoms with Crippen molar-refractivity contribution in [3.05, 3.63) is 112 Å². The maximum absolute atomic E-state index is 13.9. The molecule has 1 saturated carbocycles. The van der Waals surface area contributed by atoms with E-state index in [0.29, 0.717) is 36.3 Å². The number of aliphatic hydroxyl groups is 2. The van der Waals surface area contributed by atoms with Crippen LogP contribution >= 0.6 is 11.6 Å². The number of amides is 1. The minimum atomic E-state index is -1.13. The number of hydrogen-bond acceptors (Lipinski definition) is 4. The number of aromatic nitrogens is 2. The molecule has 0 bridgehead atoms. The topological polar surface area (TPSA) is 87.4 Å². The molecule has 1 fully saturated rings. The molecule has 1 aromatic heterocycles. The summed E-state index contributed by atoms with van der Waals surface area (Å²) in [7, 11) is 0. The van der Waals surface area contributed by atoms with Crippen LogP contribution in [0.4, 0.5) is 0 Å². The molecule has 3 aromatic carbocycles. The summed E-state index contributed by atoms with van der Waals surface area (Å²) in [5.41, 5.74) is 5.51. The Morgan fingerprint density at radius 2 is 1.66 bits per heavy atom. The molecule has 3 N–H and O–H groups in total. The number of aryl methyl sites for hydroxylation is 1.